The number of oxazole rings is 1. The number of fused-ring (bicyclic) bond motifs is 1. The Hall–Kier alpha value is -3.66. The molecule has 0 saturated heterocycles. The van der Waals surface area contributed by atoms with Crippen molar-refractivity contribution in [2.24, 2.45) is 0 Å². The first-order valence-electron chi connectivity index (χ1n) is 8.59. The molecule has 10 heteroatoms. The number of anilines is 4. The number of aromatic nitrogens is 3. The van der Waals surface area contributed by atoms with Gasteiger partial charge in [-0.1, -0.05) is 6.07 Å². The van der Waals surface area contributed by atoms with Crippen molar-refractivity contribution in [1.29, 1.82) is 0 Å². The third-order valence-corrected chi connectivity index (χ3v) is 5.28. The van der Waals surface area contributed by atoms with E-state index >= 15 is 0 Å². The van der Waals surface area contributed by atoms with Crippen LogP contribution in [0.1, 0.15) is 5.56 Å². The van der Waals surface area contributed by atoms with Gasteiger partial charge in [0.25, 0.3) is 0 Å². The van der Waals surface area contributed by atoms with Crippen molar-refractivity contribution in [2.75, 3.05) is 16.9 Å². The van der Waals surface area contributed by atoms with Gasteiger partial charge < -0.3 is 15.1 Å². The number of aryl methyl sites for hydroxylation is 1. The van der Waals surface area contributed by atoms with E-state index in [1.807, 2.05) is 6.92 Å². The second-order valence-electron chi connectivity index (χ2n) is 6.50. The van der Waals surface area contributed by atoms with Crippen molar-refractivity contribution >= 4 is 44.1 Å². The lowest BCUT2D eigenvalue weighted by Gasteiger charge is -2.11. The summed E-state index contributed by atoms with van der Waals surface area (Å²) in [5.41, 5.74) is 3.11. The maximum absolute atomic E-state index is 11.7. The molecule has 0 fully saturated rings. The summed E-state index contributed by atoms with van der Waals surface area (Å²) in [6.45, 7) is 1.86. The molecule has 9 nitrogen and oxygen atoms in total. The first-order chi connectivity index (χ1) is 13.8. The minimum Gasteiger partial charge on any atom is -0.408 e. The van der Waals surface area contributed by atoms with Crippen LogP contribution in [0.2, 0.25) is 0 Å². The van der Waals surface area contributed by atoms with Crippen molar-refractivity contribution in [3.8, 4) is 0 Å². The normalized spacial score (nSPS) is 11.5. The molecule has 0 aliphatic rings. The molecule has 3 N–H and O–H groups in total. The maximum Gasteiger partial charge on any atom is 0.417 e. The highest BCUT2D eigenvalue weighted by Crippen LogP contribution is 2.24. The quantitative estimate of drug-likeness (QED) is 0.457. The van der Waals surface area contributed by atoms with Gasteiger partial charge in [-0.15, -0.1) is 0 Å². The molecule has 0 amide bonds. The zero-order valence-electron chi connectivity index (χ0n) is 15.6. The van der Waals surface area contributed by atoms with Crippen LogP contribution in [0.25, 0.3) is 11.1 Å². The summed E-state index contributed by atoms with van der Waals surface area (Å²) in [7, 11) is -3.32. The zero-order valence-corrected chi connectivity index (χ0v) is 16.4. The van der Waals surface area contributed by atoms with E-state index in [0.717, 1.165) is 11.8 Å². The van der Waals surface area contributed by atoms with Gasteiger partial charge in [-0.3, -0.25) is 4.98 Å². The molecule has 4 rings (SSSR count). The first-order valence-corrected chi connectivity index (χ1v) is 10.5. The average molecular weight is 411 g/mol. The predicted octanol–water partition coefficient (Wildman–Crippen LogP) is 3.11. The number of nitrogens with one attached hydrogen (secondary N) is 3. The molecule has 0 bridgehead atoms. The van der Waals surface area contributed by atoms with E-state index in [0.29, 0.717) is 34.2 Å². The van der Waals surface area contributed by atoms with Crippen molar-refractivity contribution in [2.45, 2.75) is 11.8 Å². The molecule has 0 radical (unpaired) electrons. The number of rotatable bonds is 5. The van der Waals surface area contributed by atoms with Gasteiger partial charge in [0.05, 0.1) is 10.4 Å². The summed E-state index contributed by atoms with van der Waals surface area (Å²) in [5.74, 6) is 0.353. The SMILES string of the molecule is Cc1cnc(Nc2cccc(S(C)(=O)=O)c2)nc1Nc1ccc2oc(=O)[nH]c2c1. The molecule has 4 aromatic rings. The number of hydrogen-bond donors (Lipinski definition) is 3. The lowest BCUT2D eigenvalue weighted by atomic mass is 10.2. The molecule has 0 aliphatic carbocycles. The third kappa shape index (κ3) is 4.11. The van der Waals surface area contributed by atoms with Crippen LogP contribution in [0.4, 0.5) is 23.1 Å². The van der Waals surface area contributed by atoms with Crippen LogP contribution in [0, 0.1) is 6.92 Å². The van der Waals surface area contributed by atoms with Crippen molar-refractivity contribution in [1.82, 2.24) is 15.0 Å². The van der Waals surface area contributed by atoms with E-state index in [9.17, 15) is 13.2 Å². The highest BCUT2D eigenvalue weighted by atomic mass is 32.2. The topological polar surface area (TPSA) is 130 Å². The fraction of sp³-hybridized carbons (Fsp3) is 0.105. The Bertz CT molecular complexity index is 1370. The Morgan fingerprint density at radius 2 is 1.86 bits per heavy atom. The maximum atomic E-state index is 11.7. The molecular weight excluding hydrogens is 394 g/mol. The molecule has 148 valence electrons. The van der Waals surface area contributed by atoms with Gasteiger partial charge in [-0.05, 0) is 43.3 Å². The summed E-state index contributed by atoms with van der Waals surface area (Å²) in [6, 6.07) is 11.6. The third-order valence-electron chi connectivity index (χ3n) is 4.17. The Morgan fingerprint density at radius 1 is 1.07 bits per heavy atom. The Morgan fingerprint density at radius 3 is 2.66 bits per heavy atom. The van der Waals surface area contributed by atoms with E-state index in [-0.39, 0.29) is 4.90 Å². The van der Waals surface area contributed by atoms with Crippen LogP contribution >= 0.6 is 0 Å². The van der Waals surface area contributed by atoms with Gasteiger partial charge >= 0.3 is 5.76 Å². The summed E-state index contributed by atoms with van der Waals surface area (Å²) >= 11 is 0. The van der Waals surface area contributed by atoms with E-state index in [1.165, 1.54) is 12.1 Å². The van der Waals surface area contributed by atoms with Gasteiger partial charge in [0.1, 0.15) is 5.82 Å². The molecular formula is C19H17N5O4S. The minimum atomic E-state index is -3.32. The van der Waals surface area contributed by atoms with Crippen LogP contribution in [0.15, 0.2) is 62.8 Å². The zero-order chi connectivity index (χ0) is 20.6. The van der Waals surface area contributed by atoms with Crippen LogP contribution in [-0.2, 0) is 9.84 Å². The van der Waals surface area contributed by atoms with Crippen molar-refractivity contribution in [3.63, 3.8) is 0 Å². The number of nitrogens with zero attached hydrogens (tertiary/aromatic N) is 2. The first kappa shape index (κ1) is 18.7. The summed E-state index contributed by atoms with van der Waals surface area (Å²) < 4.78 is 28.5. The fourth-order valence-corrected chi connectivity index (χ4v) is 3.40. The van der Waals surface area contributed by atoms with Gasteiger partial charge in [0.15, 0.2) is 15.4 Å². The van der Waals surface area contributed by atoms with Crippen LogP contribution in [0.5, 0.6) is 0 Å². The standard InChI is InChI=1S/C19H17N5O4S/c1-11-10-20-18(22-12-4-3-5-14(8-12)29(2,26)27)24-17(11)21-13-6-7-16-15(9-13)23-19(25)28-16/h3-10H,1-2H3,(H,23,25)(H2,20,21,22,24). The van der Waals surface area contributed by atoms with Crippen molar-refractivity contribution in [3.05, 3.63) is 64.8 Å². The second kappa shape index (κ2) is 7.06. The molecule has 29 heavy (non-hydrogen) atoms. The lowest BCUT2D eigenvalue weighted by molar-refractivity contribution is 0.555. The van der Waals surface area contributed by atoms with E-state index in [2.05, 4.69) is 25.6 Å². The fourth-order valence-electron chi connectivity index (χ4n) is 2.73. The Labute approximate surface area is 165 Å². The van der Waals surface area contributed by atoms with Gasteiger partial charge in [0, 0.05) is 29.4 Å². The lowest BCUT2D eigenvalue weighted by Crippen LogP contribution is -2.03. The molecule has 2 aromatic heterocycles. The largest absolute Gasteiger partial charge is 0.417 e. The average Bonchev–Trinajstić information content (AvgIpc) is 3.03. The second-order valence-corrected chi connectivity index (χ2v) is 8.52. The summed E-state index contributed by atoms with van der Waals surface area (Å²) in [5, 5.41) is 6.20. The highest BCUT2D eigenvalue weighted by Gasteiger charge is 2.10. The Kier molecular flexibility index (Phi) is 4.55. The van der Waals surface area contributed by atoms with Gasteiger partial charge in [0.2, 0.25) is 5.95 Å². The van der Waals surface area contributed by atoms with Crippen LogP contribution < -0.4 is 16.4 Å². The number of hydrogen-bond acceptors (Lipinski definition) is 8. The van der Waals surface area contributed by atoms with Crippen molar-refractivity contribution < 1.29 is 12.8 Å². The monoisotopic (exact) mass is 411 g/mol. The molecule has 2 heterocycles. The molecule has 0 aliphatic heterocycles. The minimum absolute atomic E-state index is 0.204. The van der Waals surface area contributed by atoms with Gasteiger partial charge in [-0.25, -0.2) is 18.2 Å². The predicted molar refractivity (Wildman–Crippen MR) is 110 cm³/mol. The van der Waals surface area contributed by atoms with Crippen LogP contribution in [-0.4, -0.2) is 29.6 Å². The van der Waals surface area contributed by atoms with Crippen LogP contribution in [0.3, 0.4) is 0 Å². The molecule has 0 saturated carbocycles. The number of aromatic amines is 1. The molecule has 2 aromatic carbocycles. The summed E-state index contributed by atoms with van der Waals surface area (Å²) in [4.78, 5) is 22.8. The molecule has 0 spiro atoms. The highest BCUT2D eigenvalue weighted by molar-refractivity contribution is 7.90. The smallest absolute Gasteiger partial charge is 0.408 e. The van der Waals surface area contributed by atoms with E-state index in [4.69, 9.17) is 4.42 Å². The van der Waals surface area contributed by atoms with E-state index < -0.39 is 15.6 Å². The summed E-state index contributed by atoms with van der Waals surface area (Å²) in [6.07, 6.45) is 2.80. The Balaban J connectivity index is 1.61. The van der Waals surface area contributed by atoms with Gasteiger partial charge in [-0.2, -0.15) is 4.98 Å². The number of sulfone groups is 1. The molecule has 0 unspecified atom stereocenters. The van der Waals surface area contributed by atoms with E-state index in [1.54, 1.807) is 36.5 Å². The number of benzene rings is 2. The number of H-pyrrole nitrogens is 1. The molecule has 0 atom stereocenters.